The van der Waals surface area contributed by atoms with Gasteiger partial charge in [0.25, 0.3) is 0 Å². The molecule has 0 spiro atoms. The number of aromatic nitrogens is 1. The third kappa shape index (κ3) is 4.51. The fraction of sp³-hybridized carbons (Fsp3) is 0.500. The molecule has 1 aliphatic carbocycles. The summed E-state index contributed by atoms with van der Waals surface area (Å²) in [6.07, 6.45) is 5.35. The van der Waals surface area contributed by atoms with E-state index < -0.39 is 0 Å². The summed E-state index contributed by atoms with van der Waals surface area (Å²) in [6, 6.07) is 10.5. The minimum absolute atomic E-state index is 0.0373. The maximum absolute atomic E-state index is 13.2. The van der Waals surface area contributed by atoms with Gasteiger partial charge in [0.1, 0.15) is 0 Å². The smallest absolute Gasteiger partial charge is 0.225 e. The van der Waals surface area contributed by atoms with Crippen LogP contribution >= 0.6 is 11.6 Å². The number of nitrogens with zero attached hydrogens (tertiary/aromatic N) is 4. The number of pyridine rings is 1. The van der Waals surface area contributed by atoms with Gasteiger partial charge in [0, 0.05) is 63.3 Å². The van der Waals surface area contributed by atoms with Crippen molar-refractivity contribution in [2.45, 2.75) is 38.6 Å². The second kappa shape index (κ2) is 9.43. The third-order valence-corrected chi connectivity index (χ3v) is 7.76. The molecule has 2 fully saturated rings. The highest BCUT2D eigenvalue weighted by molar-refractivity contribution is 6.30. The first kappa shape index (κ1) is 22.4. The van der Waals surface area contributed by atoms with Gasteiger partial charge in [-0.25, -0.2) is 0 Å². The summed E-state index contributed by atoms with van der Waals surface area (Å²) in [5.41, 5.74) is 5.01. The predicted molar refractivity (Wildman–Crippen MR) is 128 cm³/mol. The zero-order chi connectivity index (χ0) is 22.9. The van der Waals surface area contributed by atoms with Crippen molar-refractivity contribution in [2.24, 2.45) is 5.92 Å². The predicted octanol–water partition coefficient (Wildman–Crippen LogP) is 3.33. The zero-order valence-corrected chi connectivity index (χ0v) is 19.9. The summed E-state index contributed by atoms with van der Waals surface area (Å²) in [4.78, 5) is 36.0. The molecular weight excluding hydrogens is 436 g/mol. The third-order valence-electron chi connectivity index (χ3n) is 7.53. The molecule has 2 aromatic rings. The summed E-state index contributed by atoms with van der Waals surface area (Å²) < 4.78 is 0. The van der Waals surface area contributed by atoms with Gasteiger partial charge in [0.05, 0.1) is 11.7 Å². The van der Waals surface area contributed by atoms with Crippen LogP contribution in [0.15, 0.2) is 36.5 Å². The van der Waals surface area contributed by atoms with E-state index in [1.165, 1.54) is 16.7 Å². The largest absolute Gasteiger partial charge is 0.343 e. The molecule has 0 radical (unpaired) electrons. The Morgan fingerprint density at radius 1 is 0.939 bits per heavy atom. The van der Waals surface area contributed by atoms with E-state index in [0.717, 1.165) is 62.6 Å². The van der Waals surface area contributed by atoms with E-state index in [2.05, 4.69) is 23.1 Å². The van der Waals surface area contributed by atoms with Crippen LogP contribution in [0.4, 0.5) is 0 Å². The first-order valence-corrected chi connectivity index (χ1v) is 12.4. The van der Waals surface area contributed by atoms with Crippen LogP contribution < -0.4 is 0 Å². The van der Waals surface area contributed by atoms with Gasteiger partial charge in [-0.1, -0.05) is 23.7 Å². The van der Waals surface area contributed by atoms with Crippen molar-refractivity contribution < 1.29 is 9.59 Å². The summed E-state index contributed by atoms with van der Waals surface area (Å²) >= 11 is 6.33. The molecule has 2 amide bonds. The Hall–Kier alpha value is -2.44. The molecular formula is C26H31ClN4O2. The maximum atomic E-state index is 13.2. The normalized spacial score (nSPS) is 21.8. The van der Waals surface area contributed by atoms with Crippen LogP contribution in [-0.4, -0.2) is 70.8 Å². The molecule has 2 aliphatic heterocycles. The Morgan fingerprint density at radius 2 is 1.67 bits per heavy atom. The van der Waals surface area contributed by atoms with E-state index in [0.29, 0.717) is 13.1 Å². The summed E-state index contributed by atoms with van der Waals surface area (Å²) in [5.74, 6) is 0.396. The molecule has 1 atom stereocenters. The second-order valence-electron chi connectivity index (χ2n) is 9.44. The highest BCUT2D eigenvalue weighted by Crippen LogP contribution is 2.37. The Labute approximate surface area is 200 Å². The number of hydrogen-bond acceptors (Lipinski definition) is 4. The second-order valence-corrected chi connectivity index (χ2v) is 9.87. The highest BCUT2D eigenvalue weighted by Gasteiger charge is 2.35. The molecule has 1 aromatic heterocycles. The lowest BCUT2D eigenvalue weighted by Crippen LogP contribution is -2.52. The Kier molecular flexibility index (Phi) is 6.39. The van der Waals surface area contributed by atoms with Crippen molar-refractivity contribution in [2.75, 3.05) is 39.3 Å². The Balaban J connectivity index is 1.31. The van der Waals surface area contributed by atoms with Gasteiger partial charge < -0.3 is 9.80 Å². The maximum Gasteiger partial charge on any atom is 0.225 e. The van der Waals surface area contributed by atoms with Gasteiger partial charge >= 0.3 is 0 Å². The number of benzene rings is 1. The van der Waals surface area contributed by atoms with E-state index >= 15 is 0 Å². The average molecular weight is 467 g/mol. The number of carbonyl (C=O) groups excluding carboxylic acids is 2. The van der Waals surface area contributed by atoms with Gasteiger partial charge in [0.2, 0.25) is 11.8 Å². The number of aryl methyl sites for hydroxylation is 2. The molecule has 33 heavy (non-hydrogen) atoms. The van der Waals surface area contributed by atoms with Crippen molar-refractivity contribution in [1.82, 2.24) is 19.7 Å². The highest BCUT2D eigenvalue weighted by atomic mass is 35.5. The number of rotatable bonds is 2. The van der Waals surface area contributed by atoms with Crippen LogP contribution in [0.25, 0.3) is 0 Å². The average Bonchev–Trinajstić information content (AvgIpc) is 3.00. The number of piperidine rings is 1. The standard InChI is InChI=1S/C26H31ClN4O2/c1-18(32)29-11-8-20(9-12-29)26(33)31-15-13-30(14-16-31)25-23-7-6-22(27)17-21(23)5-4-19-3-2-10-28-24(19)25/h2-3,6-7,10,17,20,25H,4-5,8-9,11-16H2,1H3/t25-/m1/s1. The fourth-order valence-corrected chi connectivity index (χ4v) is 5.85. The molecule has 0 saturated carbocycles. The van der Waals surface area contributed by atoms with Crippen LogP contribution in [-0.2, 0) is 22.4 Å². The molecule has 1 aromatic carbocycles. The summed E-state index contributed by atoms with van der Waals surface area (Å²) in [7, 11) is 0. The lowest BCUT2D eigenvalue weighted by atomic mass is 9.94. The van der Waals surface area contributed by atoms with Crippen LogP contribution in [0.5, 0.6) is 0 Å². The number of piperazine rings is 1. The molecule has 2 saturated heterocycles. The summed E-state index contributed by atoms with van der Waals surface area (Å²) in [6.45, 7) is 6.08. The number of carbonyl (C=O) groups is 2. The first-order valence-electron chi connectivity index (χ1n) is 12.0. The van der Waals surface area contributed by atoms with Gasteiger partial charge in [-0.15, -0.1) is 0 Å². The van der Waals surface area contributed by atoms with Crippen molar-refractivity contribution in [3.05, 3.63) is 63.9 Å². The van der Waals surface area contributed by atoms with Gasteiger partial charge in [-0.2, -0.15) is 0 Å². The van der Waals surface area contributed by atoms with Gasteiger partial charge in [0.15, 0.2) is 0 Å². The van der Waals surface area contributed by atoms with Crippen LogP contribution in [0, 0.1) is 5.92 Å². The molecule has 6 nitrogen and oxygen atoms in total. The molecule has 0 N–H and O–H groups in total. The molecule has 7 heteroatoms. The van der Waals surface area contributed by atoms with Gasteiger partial charge in [-0.3, -0.25) is 19.5 Å². The van der Waals surface area contributed by atoms with E-state index in [1.54, 1.807) is 6.92 Å². The topological polar surface area (TPSA) is 56.8 Å². The van der Waals surface area contributed by atoms with Crippen molar-refractivity contribution in [3.8, 4) is 0 Å². The van der Waals surface area contributed by atoms with E-state index in [4.69, 9.17) is 16.6 Å². The van der Waals surface area contributed by atoms with Crippen LogP contribution in [0.1, 0.15) is 48.2 Å². The molecule has 0 unspecified atom stereocenters. The molecule has 3 heterocycles. The summed E-state index contributed by atoms with van der Waals surface area (Å²) in [5, 5.41) is 0.776. The number of fused-ring (bicyclic) bond motifs is 2. The van der Waals surface area contributed by atoms with E-state index in [1.807, 2.05) is 28.1 Å². The number of hydrogen-bond donors (Lipinski definition) is 0. The van der Waals surface area contributed by atoms with Crippen LogP contribution in [0.2, 0.25) is 5.02 Å². The van der Waals surface area contributed by atoms with Crippen molar-refractivity contribution in [3.63, 3.8) is 0 Å². The Bertz CT molecular complexity index is 1040. The fourth-order valence-electron chi connectivity index (χ4n) is 5.65. The minimum atomic E-state index is 0.0373. The SMILES string of the molecule is CC(=O)N1CCC(C(=O)N2CCN([C@@H]3c4ccc(Cl)cc4CCc4cccnc43)CC2)CC1. The Morgan fingerprint density at radius 3 is 2.39 bits per heavy atom. The first-order chi connectivity index (χ1) is 16.0. The van der Waals surface area contributed by atoms with Crippen molar-refractivity contribution >= 4 is 23.4 Å². The molecule has 174 valence electrons. The number of likely N-dealkylation sites (tertiary alicyclic amines) is 1. The van der Waals surface area contributed by atoms with E-state index in [-0.39, 0.29) is 23.8 Å². The van der Waals surface area contributed by atoms with Gasteiger partial charge in [-0.05, 0) is 60.6 Å². The number of amides is 2. The lowest BCUT2D eigenvalue weighted by Gasteiger charge is -2.41. The van der Waals surface area contributed by atoms with E-state index in [9.17, 15) is 9.59 Å². The molecule has 5 rings (SSSR count). The van der Waals surface area contributed by atoms with Crippen molar-refractivity contribution in [1.29, 1.82) is 0 Å². The molecule has 3 aliphatic rings. The van der Waals surface area contributed by atoms with Crippen LogP contribution in [0.3, 0.4) is 0 Å². The monoisotopic (exact) mass is 466 g/mol. The quantitative estimate of drug-likeness (QED) is 0.681. The zero-order valence-electron chi connectivity index (χ0n) is 19.2. The minimum Gasteiger partial charge on any atom is -0.343 e. The molecule has 0 bridgehead atoms. The number of halogens is 1. The lowest BCUT2D eigenvalue weighted by molar-refractivity contribution is -0.141.